The summed E-state index contributed by atoms with van der Waals surface area (Å²) < 4.78 is 13.6. The third-order valence-corrected chi connectivity index (χ3v) is 8.09. The molecular weight excluding hydrogens is 605 g/mol. The lowest BCUT2D eigenvalue weighted by molar-refractivity contribution is -0.152. The normalized spacial score (nSPS) is 13.1. The Balaban J connectivity index is 1.97. The number of carboxylic acids is 3. The molecule has 0 saturated carbocycles. The molecule has 0 saturated heterocycles. The molecule has 1 amide bonds. The average Bonchev–Trinajstić information content (AvgIpc) is 3.02. The lowest BCUT2D eigenvalue weighted by Gasteiger charge is -2.22. The molecule has 2 aromatic carbocycles. The number of hydrogen-bond acceptors (Lipinski definition) is 5. The van der Waals surface area contributed by atoms with Crippen LogP contribution in [0.1, 0.15) is 96.0 Å². The summed E-state index contributed by atoms with van der Waals surface area (Å²) in [7, 11) is 0. The van der Waals surface area contributed by atoms with Crippen molar-refractivity contribution in [3.05, 3.63) is 72.1 Å². The fraction of sp³-hybridized carbons (Fsp3) is 0.486. The van der Waals surface area contributed by atoms with Gasteiger partial charge in [0.25, 0.3) is 0 Å². The topological polar surface area (TPSA) is 158 Å². The number of aliphatic carboxylic acids is 3. The molecule has 0 unspecified atom stereocenters. The summed E-state index contributed by atoms with van der Waals surface area (Å²) in [4.78, 5) is 60.8. The van der Waals surface area contributed by atoms with Crippen LogP contribution in [0.15, 0.2) is 60.7 Å². The average molecular weight is 654 g/mol. The zero-order valence-electron chi connectivity index (χ0n) is 27.2. The van der Waals surface area contributed by atoms with Crippen LogP contribution in [0.3, 0.4) is 0 Å². The van der Waals surface area contributed by atoms with Crippen LogP contribution in [0, 0.1) is 17.7 Å². The molecule has 0 aromatic heterocycles. The number of benzene rings is 2. The summed E-state index contributed by atoms with van der Waals surface area (Å²) in [6.45, 7) is 2.15. The van der Waals surface area contributed by atoms with E-state index in [1.807, 2.05) is 0 Å². The highest BCUT2D eigenvalue weighted by Gasteiger charge is 2.35. The number of ketones is 1. The van der Waals surface area contributed by atoms with Gasteiger partial charge in [0.05, 0.1) is 18.3 Å². The molecule has 4 N–H and O–H groups in total. The van der Waals surface area contributed by atoms with Crippen molar-refractivity contribution in [2.45, 2.75) is 103 Å². The number of amides is 1. The van der Waals surface area contributed by atoms with Gasteiger partial charge in [-0.1, -0.05) is 94.0 Å². The number of carbonyl (C=O) groups is 5. The van der Waals surface area contributed by atoms with Gasteiger partial charge in [0.2, 0.25) is 5.91 Å². The number of carboxylic acid groups (broad SMARTS) is 3. The molecule has 0 aliphatic heterocycles. The molecule has 0 fully saturated rings. The number of carbonyl (C=O) groups excluding carboxylic acids is 2. The van der Waals surface area contributed by atoms with Crippen molar-refractivity contribution in [3.8, 4) is 11.1 Å². The smallest absolute Gasteiger partial charge is 0.326 e. The van der Waals surface area contributed by atoms with Gasteiger partial charge in [0.1, 0.15) is 17.6 Å². The monoisotopic (exact) mass is 653 g/mol. The van der Waals surface area contributed by atoms with E-state index in [0.29, 0.717) is 36.0 Å². The molecule has 0 bridgehead atoms. The first-order chi connectivity index (χ1) is 22.5. The van der Waals surface area contributed by atoms with Crippen molar-refractivity contribution in [2.75, 3.05) is 0 Å². The fourth-order valence-corrected chi connectivity index (χ4v) is 5.40. The summed E-state index contributed by atoms with van der Waals surface area (Å²) in [5.74, 6) is -8.22. The van der Waals surface area contributed by atoms with Gasteiger partial charge in [0.15, 0.2) is 0 Å². The summed E-state index contributed by atoms with van der Waals surface area (Å²) in [6, 6.07) is 11.3. The van der Waals surface area contributed by atoms with E-state index >= 15 is 0 Å². The summed E-state index contributed by atoms with van der Waals surface area (Å²) >= 11 is 0. The zero-order chi connectivity index (χ0) is 34.6. The Labute approximate surface area is 276 Å². The first-order valence-electron chi connectivity index (χ1n) is 16.5. The van der Waals surface area contributed by atoms with E-state index in [-0.39, 0.29) is 12.2 Å². The Morgan fingerprint density at radius 3 is 2.00 bits per heavy atom. The Morgan fingerprint density at radius 1 is 0.787 bits per heavy atom. The highest BCUT2D eigenvalue weighted by Crippen LogP contribution is 2.23. The van der Waals surface area contributed by atoms with Gasteiger partial charge in [-0.15, -0.1) is 0 Å². The van der Waals surface area contributed by atoms with Crippen LogP contribution in [-0.4, -0.2) is 51.0 Å². The Kier molecular flexibility index (Phi) is 17.7. The number of unbranched alkanes of at least 4 members (excludes halogenated alkanes) is 8. The van der Waals surface area contributed by atoms with Crippen LogP contribution >= 0.6 is 0 Å². The van der Waals surface area contributed by atoms with Crippen LogP contribution in [-0.2, 0) is 30.4 Å². The molecule has 3 atom stereocenters. The maximum absolute atomic E-state index is 13.6. The van der Waals surface area contributed by atoms with Gasteiger partial charge in [-0.2, -0.15) is 0 Å². The molecular formula is C37H48FNO8. The minimum atomic E-state index is -1.60. The SMILES string of the molecule is CCCCCCCC(=O)CCCCCC/C=C/[C@H](C(=O)N[C@@H](Cc1ccc(-c2cccc(F)c2)cc1)C(=O)O)[C@@H](CC(=O)O)C(=O)O. The van der Waals surface area contributed by atoms with E-state index in [0.717, 1.165) is 44.9 Å². The minimum absolute atomic E-state index is 0.112. The van der Waals surface area contributed by atoms with Crippen LogP contribution in [0.25, 0.3) is 11.1 Å². The number of nitrogens with one attached hydrogen (secondary N) is 1. The van der Waals surface area contributed by atoms with Crippen LogP contribution in [0.4, 0.5) is 4.39 Å². The predicted molar refractivity (Wildman–Crippen MR) is 177 cm³/mol. The molecule has 10 heteroatoms. The van der Waals surface area contributed by atoms with E-state index in [1.54, 1.807) is 42.5 Å². The summed E-state index contributed by atoms with van der Waals surface area (Å²) in [5.41, 5.74) is 1.93. The quantitative estimate of drug-likeness (QED) is 0.0683. The van der Waals surface area contributed by atoms with E-state index in [1.165, 1.54) is 31.1 Å². The van der Waals surface area contributed by atoms with E-state index < -0.39 is 53.9 Å². The first-order valence-corrected chi connectivity index (χ1v) is 16.5. The Bertz CT molecular complexity index is 1340. The van der Waals surface area contributed by atoms with Gasteiger partial charge in [-0.05, 0) is 54.5 Å². The van der Waals surface area contributed by atoms with Gasteiger partial charge >= 0.3 is 17.9 Å². The molecule has 0 spiro atoms. The molecule has 0 heterocycles. The second-order valence-electron chi connectivity index (χ2n) is 12.0. The van der Waals surface area contributed by atoms with Crippen molar-refractivity contribution < 1.29 is 43.7 Å². The highest BCUT2D eigenvalue weighted by molar-refractivity contribution is 5.91. The van der Waals surface area contributed by atoms with Crippen molar-refractivity contribution in [1.82, 2.24) is 5.32 Å². The lowest BCUT2D eigenvalue weighted by Crippen LogP contribution is -2.47. The van der Waals surface area contributed by atoms with Gasteiger partial charge < -0.3 is 20.6 Å². The maximum Gasteiger partial charge on any atom is 0.326 e. The predicted octanol–water partition coefficient (Wildman–Crippen LogP) is 7.22. The third-order valence-electron chi connectivity index (χ3n) is 8.09. The number of allylic oxidation sites excluding steroid dienone is 1. The molecule has 256 valence electrons. The number of rotatable bonds is 24. The van der Waals surface area contributed by atoms with E-state index in [4.69, 9.17) is 0 Å². The standard InChI is InChI=1S/C37H48FNO8/c1-2-3-4-7-10-16-30(40)17-11-8-5-6-9-12-18-31(32(36(44)45)25-34(41)42)35(43)39-33(37(46)47)23-26-19-21-27(22-20-26)28-14-13-15-29(38)24-28/h12-15,18-22,24,31-33H,2-11,16-17,23,25H2,1H3,(H,39,43)(H,41,42)(H,44,45)(H,46,47)/b18-12+/t31-,32+,33-/m0/s1. The van der Waals surface area contributed by atoms with Gasteiger partial charge in [-0.3, -0.25) is 19.2 Å². The second-order valence-corrected chi connectivity index (χ2v) is 12.0. The van der Waals surface area contributed by atoms with Crippen LogP contribution in [0.2, 0.25) is 0 Å². The summed E-state index contributed by atoms with van der Waals surface area (Å²) in [5, 5.41) is 31.3. The maximum atomic E-state index is 13.6. The Hall–Kier alpha value is -4.34. The molecule has 0 aliphatic rings. The molecule has 9 nitrogen and oxygen atoms in total. The van der Waals surface area contributed by atoms with Gasteiger partial charge in [0, 0.05) is 19.3 Å². The molecule has 47 heavy (non-hydrogen) atoms. The first kappa shape index (κ1) is 38.8. The largest absolute Gasteiger partial charge is 0.481 e. The molecule has 0 aliphatic carbocycles. The fourth-order valence-electron chi connectivity index (χ4n) is 5.40. The number of halogens is 1. The Morgan fingerprint density at radius 2 is 1.43 bits per heavy atom. The molecule has 2 aromatic rings. The van der Waals surface area contributed by atoms with Gasteiger partial charge in [-0.25, -0.2) is 9.18 Å². The highest BCUT2D eigenvalue weighted by atomic mass is 19.1. The van der Waals surface area contributed by atoms with Crippen molar-refractivity contribution in [3.63, 3.8) is 0 Å². The molecule has 2 rings (SSSR count). The zero-order valence-corrected chi connectivity index (χ0v) is 27.2. The van der Waals surface area contributed by atoms with Crippen LogP contribution < -0.4 is 5.32 Å². The van der Waals surface area contributed by atoms with Crippen molar-refractivity contribution >= 4 is 29.6 Å². The van der Waals surface area contributed by atoms with Crippen LogP contribution in [0.5, 0.6) is 0 Å². The minimum Gasteiger partial charge on any atom is -0.481 e. The van der Waals surface area contributed by atoms with E-state index in [9.17, 15) is 43.7 Å². The molecule has 0 radical (unpaired) electrons. The third kappa shape index (κ3) is 15.2. The lowest BCUT2D eigenvalue weighted by atomic mass is 9.87. The second kappa shape index (κ2) is 21.5. The van der Waals surface area contributed by atoms with Crippen molar-refractivity contribution in [2.24, 2.45) is 11.8 Å². The number of hydrogen-bond donors (Lipinski definition) is 4. The number of Topliss-reactive ketones (excluding diaryl/α,β-unsaturated/α-hetero) is 1. The van der Waals surface area contributed by atoms with Crippen molar-refractivity contribution in [1.29, 1.82) is 0 Å². The van der Waals surface area contributed by atoms with E-state index in [2.05, 4.69) is 12.2 Å². The summed E-state index contributed by atoms with van der Waals surface area (Å²) in [6.07, 6.45) is 12.5.